The molecule has 1 unspecified atom stereocenters. The van der Waals surface area contributed by atoms with Crippen LogP contribution in [0.1, 0.15) is 30.9 Å². The molecule has 0 N–H and O–H groups in total. The number of ether oxygens (including phenoxy) is 1. The smallest absolute Gasteiger partial charge is 0.0982 e. The molecule has 0 fully saturated rings. The topological polar surface area (TPSA) is 9.23 Å². The van der Waals surface area contributed by atoms with Crippen molar-refractivity contribution in [1.82, 2.24) is 0 Å². The fourth-order valence-corrected chi connectivity index (χ4v) is 2.58. The molecule has 98 valence electrons. The number of fused-ring (bicyclic) bond motifs is 1. The highest BCUT2D eigenvalue weighted by Crippen LogP contribution is 2.42. The number of allylic oxidation sites excluding steroid dienone is 5. The summed E-state index contributed by atoms with van der Waals surface area (Å²) in [6.45, 7) is 8.48. The number of rotatable bonds is 5. The molecule has 1 nitrogen and oxygen atoms in total. The van der Waals surface area contributed by atoms with Crippen molar-refractivity contribution in [3.8, 4) is 0 Å². The molecule has 1 heteroatoms. The van der Waals surface area contributed by atoms with Crippen molar-refractivity contribution in [3.05, 3.63) is 78.1 Å². The van der Waals surface area contributed by atoms with Crippen LogP contribution < -0.4 is 0 Å². The zero-order chi connectivity index (χ0) is 13.7. The van der Waals surface area contributed by atoms with E-state index in [1.165, 1.54) is 28.5 Å². The van der Waals surface area contributed by atoms with E-state index in [9.17, 15) is 0 Å². The summed E-state index contributed by atoms with van der Waals surface area (Å²) >= 11 is 0. The first-order valence-electron chi connectivity index (χ1n) is 6.61. The Kier molecular flexibility index (Phi) is 4.40. The van der Waals surface area contributed by atoms with Gasteiger partial charge in [-0.2, -0.15) is 0 Å². The molecule has 19 heavy (non-hydrogen) atoms. The van der Waals surface area contributed by atoms with Crippen LogP contribution in [-0.4, -0.2) is 6.61 Å². The average Bonchev–Trinajstić information content (AvgIpc) is 2.71. The molecule has 0 saturated heterocycles. The predicted molar refractivity (Wildman–Crippen MR) is 81.9 cm³/mol. The quantitative estimate of drug-likeness (QED) is 0.537. The molecule has 0 spiro atoms. The molecule has 1 aromatic rings. The summed E-state index contributed by atoms with van der Waals surface area (Å²) in [6, 6.07) is 8.55. The first-order valence-corrected chi connectivity index (χ1v) is 6.61. The van der Waals surface area contributed by atoms with Gasteiger partial charge in [-0.1, -0.05) is 55.1 Å². The summed E-state index contributed by atoms with van der Waals surface area (Å²) in [7, 11) is 0. The van der Waals surface area contributed by atoms with Crippen LogP contribution in [0, 0.1) is 0 Å². The van der Waals surface area contributed by atoms with Crippen molar-refractivity contribution in [1.29, 1.82) is 0 Å². The summed E-state index contributed by atoms with van der Waals surface area (Å²) in [5.41, 5.74) is 5.36. The normalized spacial score (nSPS) is 18.3. The number of hydrogen-bond acceptors (Lipinski definition) is 1. The van der Waals surface area contributed by atoms with Crippen LogP contribution in [0.3, 0.4) is 0 Å². The maximum atomic E-state index is 5.44. The van der Waals surface area contributed by atoms with Gasteiger partial charge >= 0.3 is 0 Å². The lowest BCUT2D eigenvalue weighted by atomic mass is 9.96. The van der Waals surface area contributed by atoms with Gasteiger partial charge in [0.15, 0.2) is 0 Å². The number of hydrogen-bond donors (Lipinski definition) is 0. The summed E-state index contributed by atoms with van der Waals surface area (Å²) in [6.07, 6.45) is 9.88. The molecule has 1 aliphatic carbocycles. The highest BCUT2D eigenvalue weighted by molar-refractivity contribution is 5.79. The Balaban J connectivity index is 2.38. The van der Waals surface area contributed by atoms with E-state index in [0.29, 0.717) is 12.5 Å². The van der Waals surface area contributed by atoms with E-state index in [1.807, 2.05) is 13.0 Å². The average molecular weight is 252 g/mol. The van der Waals surface area contributed by atoms with E-state index in [1.54, 1.807) is 0 Å². The first kappa shape index (κ1) is 13.4. The molecule has 0 radical (unpaired) electrons. The Morgan fingerprint density at radius 1 is 1.26 bits per heavy atom. The van der Waals surface area contributed by atoms with Crippen molar-refractivity contribution >= 4 is 5.57 Å². The van der Waals surface area contributed by atoms with Gasteiger partial charge < -0.3 is 4.74 Å². The van der Waals surface area contributed by atoms with E-state index < -0.39 is 0 Å². The third-order valence-corrected chi connectivity index (χ3v) is 3.51. The molecule has 0 saturated carbocycles. The molecule has 1 aliphatic rings. The molecular weight excluding hydrogens is 232 g/mol. The summed E-state index contributed by atoms with van der Waals surface area (Å²) in [4.78, 5) is 0. The predicted octanol–water partition coefficient (Wildman–Crippen LogP) is 4.85. The minimum absolute atomic E-state index is 0.302. The second-order valence-corrected chi connectivity index (χ2v) is 4.61. The Morgan fingerprint density at radius 2 is 2.05 bits per heavy atom. The second-order valence-electron chi connectivity index (χ2n) is 4.61. The first-order chi connectivity index (χ1) is 9.29. The van der Waals surface area contributed by atoms with Gasteiger partial charge in [-0.15, -0.1) is 0 Å². The maximum Gasteiger partial charge on any atom is 0.0982 e. The van der Waals surface area contributed by atoms with E-state index in [4.69, 9.17) is 4.74 Å². The molecule has 0 aromatic heterocycles. The van der Waals surface area contributed by atoms with Crippen LogP contribution in [0.4, 0.5) is 0 Å². The van der Waals surface area contributed by atoms with E-state index in [2.05, 4.69) is 56.0 Å². The van der Waals surface area contributed by atoms with Gasteiger partial charge in [0.25, 0.3) is 0 Å². The van der Waals surface area contributed by atoms with Gasteiger partial charge in [0.05, 0.1) is 12.9 Å². The van der Waals surface area contributed by atoms with Crippen molar-refractivity contribution < 1.29 is 4.74 Å². The highest BCUT2D eigenvalue weighted by atomic mass is 16.5. The second kappa shape index (κ2) is 6.24. The molecule has 0 aliphatic heterocycles. The lowest BCUT2D eigenvalue weighted by Gasteiger charge is -2.14. The van der Waals surface area contributed by atoms with E-state index in [0.717, 1.165) is 0 Å². The van der Waals surface area contributed by atoms with Gasteiger partial charge in [-0.25, -0.2) is 0 Å². The lowest BCUT2D eigenvalue weighted by Crippen LogP contribution is -2.05. The van der Waals surface area contributed by atoms with Crippen LogP contribution >= 0.6 is 0 Å². The molecule has 0 heterocycles. The van der Waals surface area contributed by atoms with Crippen molar-refractivity contribution in [2.45, 2.75) is 19.8 Å². The maximum absolute atomic E-state index is 5.44. The van der Waals surface area contributed by atoms with Gasteiger partial charge in [0, 0.05) is 5.92 Å². The van der Waals surface area contributed by atoms with Gasteiger partial charge in [0.1, 0.15) is 0 Å². The molecular formula is C18H20O. The summed E-state index contributed by atoms with van der Waals surface area (Å²) in [5, 5.41) is 0. The summed E-state index contributed by atoms with van der Waals surface area (Å²) in [5.74, 6) is 0.302. The van der Waals surface area contributed by atoms with Crippen molar-refractivity contribution in [2.75, 3.05) is 6.61 Å². The van der Waals surface area contributed by atoms with Crippen LogP contribution in [0.5, 0.6) is 0 Å². The van der Waals surface area contributed by atoms with E-state index >= 15 is 0 Å². The fourth-order valence-electron chi connectivity index (χ4n) is 2.58. The molecule has 0 amide bonds. The van der Waals surface area contributed by atoms with Gasteiger partial charge in [-0.3, -0.25) is 0 Å². The molecule has 2 rings (SSSR count). The highest BCUT2D eigenvalue weighted by Gasteiger charge is 2.27. The van der Waals surface area contributed by atoms with Gasteiger partial charge in [-0.05, 0) is 36.1 Å². The summed E-state index contributed by atoms with van der Waals surface area (Å²) < 4.78 is 5.44. The van der Waals surface area contributed by atoms with Crippen LogP contribution in [0.15, 0.2) is 67.0 Å². The molecule has 1 aromatic carbocycles. The zero-order valence-electron chi connectivity index (χ0n) is 11.6. The SMILES string of the molecule is C=COCC1C(/C=C\C=C/C)=C(C)c2ccccc21. The van der Waals surface area contributed by atoms with E-state index in [-0.39, 0.29) is 0 Å². The van der Waals surface area contributed by atoms with Crippen molar-refractivity contribution in [3.63, 3.8) is 0 Å². The minimum Gasteiger partial charge on any atom is -0.501 e. The Hall–Kier alpha value is -2.02. The van der Waals surface area contributed by atoms with Crippen molar-refractivity contribution in [2.24, 2.45) is 0 Å². The lowest BCUT2D eigenvalue weighted by molar-refractivity contribution is 0.240. The minimum atomic E-state index is 0.302. The van der Waals surface area contributed by atoms with Crippen LogP contribution in [0.2, 0.25) is 0 Å². The van der Waals surface area contributed by atoms with Crippen LogP contribution in [0.25, 0.3) is 5.57 Å². The zero-order valence-corrected chi connectivity index (χ0v) is 11.6. The third-order valence-electron chi connectivity index (χ3n) is 3.51. The molecule has 0 bridgehead atoms. The largest absolute Gasteiger partial charge is 0.501 e. The third kappa shape index (κ3) is 2.70. The van der Waals surface area contributed by atoms with Crippen LogP contribution in [-0.2, 0) is 4.74 Å². The van der Waals surface area contributed by atoms with Gasteiger partial charge in [0.2, 0.25) is 0 Å². The standard InChI is InChI=1S/C18H20O/c1-4-6-7-10-16-14(3)15-11-8-9-12-17(15)18(16)13-19-5-2/h4-12,18H,2,13H2,1,3H3/b6-4-,10-7-. The Morgan fingerprint density at radius 3 is 2.79 bits per heavy atom. The number of benzene rings is 1. The molecule has 1 atom stereocenters. The Labute approximate surface area is 115 Å². The monoisotopic (exact) mass is 252 g/mol. The Bertz CT molecular complexity index is 547. The fraction of sp³-hybridized carbons (Fsp3) is 0.222.